The Morgan fingerprint density at radius 1 is 1.30 bits per heavy atom. The van der Waals surface area contributed by atoms with Crippen LogP contribution in [0.5, 0.6) is 0 Å². The van der Waals surface area contributed by atoms with Crippen LogP contribution < -0.4 is 11.5 Å². The van der Waals surface area contributed by atoms with Gasteiger partial charge in [0.2, 0.25) is 0 Å². The average Bonchev–Trinajstić information content (AvgIpc) is 1.87. The van der Waals surface area contributed by atoms with Gasteiger partial charge in [-0.3, -0.25) is 5.41 Å². The van der Waals surface area contributed by atoms with Crippen molar-refractivity contribution in [2.24, 2.45) is 11.5 Å². The van der Waals surface area contributed by atoms with Gasteiger partial charge in [0.25, 0.3) is 6.02 Å². The molecule has 0 rings (SSSR count). The molecule has 60 valence electrons. The minimum atomic E-state index is -0.201. The lowest BCUT2D eigenvalue weighted by molar-refractivity contribution is 0.286. The summed E-state index contributed by atoms with van der Waals surface area (Å²) in [5, 5.41) is 6.71. The van der Waals surface area contributed by atoms with E-state index in [0.717, 1.165) is 25.8 Å². The van der Waals surface area contributed by atoms with Crippen LogP contribution >= 0.6 is 0 Å². The highest BCUT2D eigenvalue weighted by Crippen LogP contribution is 1.92. The highest BCUT2D eigenvalue weighted by atomic mass is 16.5. The second-order valence-corrected chi connectivity index (χ2v) is 2.06. The molecule has 0 bridgehead atoms. The predicted molar refractivity (Wildman–Crippen MR) is 40.8 cm³/mol. The van der Waals surface area contributed by atoms with Crippen molar-refractivity contribution < 1.29 is 4.74 Å². The zero-order valence-corrected chi connectivity index (χ0v) is 6.10. The normalized spacial score (nSPS) is 9.30. The van der Waals surface area contributed by atoms with E-state index in [1.807, 2.05) is 0 Å². The third-order valence-electron chi connectivity index (χ3n) is 1.11. The van der Waals surface area contributed by atoms with E-state index in [9.17, 15) is 0 Å². The summed E-state index contributed by atoms with van der Waals surface area (Å²) in [7, 11) is 0. The third kappa shape index (κ3) is 7.23. The van der Waals surface area contributed by atoms with Gasteiger partial charge in [0, 0.05) is 0 Å². The van der Waals surface area contributed by atoms with Crippen molar-refractivity contribution in [1.82, 2.24) is 0 Å². The highest BCUT2D eigenvalue weighted by Gasteiger charge is 1.89. The number of unbranched alkanes of at least 4 members (excludes halogenated alkanes) is 2. The van der Waals surface area contributed by atoms with Crippen LogP contribution in [0, 0.1) is 5.41 Å². The highest BCUT2D eigenvalue weighted by molar-refractivity contribution is 5.67. The summed E-state index contributed by atoms with van der Waals surface area (Å²) in [5.74, 6) is 0. The molecule has 0 radical (unpaired) electrons. The van der Waals surface area contributed by atoms with E-state index in [2.05, 4.69) is 0 Å². The van der Waals surface area contributed by atoms with E-state index in [4.69, 9.17) is 21.6 Å². The molecular weight excluding hydrogens is 130 g/mol. The standard InChI is InChI=1S/C6H15N3O/c7-4-2-1-3-5-10-6(8)9/h1-5,7H2,(H3,8,9). The number of nitrogens with two attached hydrogens (primary N) is 2. The Balaban J connectivity index is 2.84. The number of rotatable bonds is 5. The minimum absolute atomic E-state index is 0.201. The lowest BCUT2D eigenvalue weighted by atomic mass is 10.2. The van der Waals surface area contributed by atoms with Crippen molar-refractivity contribution in [2.75, 3.05) is 13.2 Å². The van der Waals surface area contributed by atoms with E-state index >= 15 is 0 Å². The van der Waals surface area contributed by atoms with Gasteiger partial charge in [-0.05, 0) is 25.8 Å². The van der Waals surface area contributed by atoms with Gasteiger partial charge in [0.15, 0.2) is 0 Å². The van der Waals surface area contributed by atoms with Crippen molar-refractivity contribution in [3.8, 4) is 0 Å². The van der Waals surface area contributed by atoms with Gasteiger partial charge in [-0.25, -0.2) is 0 Å². The molecule has 0 amide bonds. The van der Waals surface area contributed by atoms with Gasteiger partial charge in [-0.15, -0.1) is 0 Å². The SMILES string of the molecule is N=C(N)OCCCCCN. The van der Waals surface area contributed by atoms with Crippen LogP contribution in [-0.4, -0.2) is 19.2 Å². The van der Waals surface area contributed by atoms with Crippen LogP contribution in [0.25, 0.3) is 0 Å². The zero-order valence-electron chi connectivity index (χ0n) is 6.10. The Morgan fingerprint density at radius 2 is 2.00 bits per heavy atom. The molecule has 4 nitrogen and oxygen atoms in total. The van der Waals surface area contributed by atoms with Crippen molar-refractivity contribution in [1.29, 1.82) is 5.41 Å². The van der Waals surface area contributed by atoms with Crippen LogP contribution in [0.4, 0.5) is 0 Å². The van der Waals surface area contributed by atoms with E-state index in [0.29, 0.717) is 6.61 Å². The van der Waals surface area contributed by atoms with Crippen molar-refractivity contribution in [2.45, 2.75) is 19.3 Å². The van der Waals surface area contributed by atoms with Crippen molar-refractivity contribution in [3.63, 3.8) is 0 Å². The molecule has 0 fully saturated rings. The third-order valence-corrected chi connectivity index (χ3v) is 1.11. The molecule has 0 atom stereocenters. The molecule has 0 aliphatic carbocycles. The summed E-state index contributed by atoms with van der Waals surface area (Å²) >= 11 is 0. The summed E-state index contributed by atoms with van der Waals surface area (Å²) in [6.07, 6.45) is 2.99. The molecule has 0 unspecified atom stereocenters. The minimum Gasteiger partial charge on any atom is -0.466 e. The molecule has 0 aromatic rings. The van der Waals surface area contributed by atoms with Gasteiger partial charge in [-0.2, -0.15) is 0 Å². The molecule has 4 heteroatoms. The molecule has 0 aromatic heterocycles. The summed E-state index contributed by atoms with van der Waals surface area (Å²) in [6, 6.07) is -0.201. The maximum Gasteiger partial charge on any atom is 0.278 e. The maximum absolute atomic E-state index is 6.71. The van der Waals surface area contributed by atoms with Gasteiger partial charge >= 0.3 is 0 Å². The summed E-state index contributed by atoms with van der Waals surface area (Å²) in [5.41, 5.74) is 10.2. The van der Waals surface area contributed by atoms with E-state index < -0.39 is 0 Å². The fraction of sp³-hybridized carbons (Fsp3) is 0.833. The summed E-state index contributed by atoms with van der Waals surface area (Å²) < 4.78 is 4.71. The quantitative estimate of drug-likeness (QED) is 0.290. The summed E-state index contributed by atoms with van der Waals surface area (Å²) in [6.45, 7) is 1.26. The van der Waals surface area contributed by atoms with Gasteiger partial charge in [0.05, 0.1) is 6.61 Å². The number of nitrogens with one attached hydrogen (secondary N) is 1. The van der Waals surface area contributed by atoms with Crippen molar-refractivity contribution in [3.05, 3.63) is 0 Å². The number of ether oxygens (including phenoxy) is 1. The van der Waals surface area contributed by atoms with Gasteiger partial charge in [0.1, 0.15) is 0 Å². The maximum atomic E-state index is 6.71. The fourth-order valence-electron chi connectivity index (χ4n) is 0.605. The van der Waals surface area contributed by atoms with Gasteiger partial charge in [-0.1, -0.05) is 0 Å². The average molecular weight is 145 g/mol. The zero-order chi connectivity index (χ0) is 7.82. The Morgan fingerprint density at radius 3 is 2.50 bits per heavy atom. The first-order chi connectivity index (χ1) is 4.77. The number of hydrogen-bond acceptors (Lipinski definition) is 3. The van der Waals surface area contributed by atoms with Crippen LogP contribution in [0.3, 0.4) is 0 Å². The molecule has 0 spiro atoms. The van der Waals surface area contributed by atoms with Crippen molar-refractivity contribution >= 4 is 6.02 Å². The second kappa shape index (κ2) is 6.35. The molecule has 0 aliphatic heterocycles. The van der Waals surface area contributed by atoms with Crippen LogP contribution in [0.15, 0.2) is 0 Å². The topological polar surface area (TPSA) is 85.1 Å². The first-order valence-corrected chi connectivity index (χ1v) is 3.44. The first-order valence-electron chi connectivity index (χ1n) is 3.44. The first kappa shape index (κ1) is 9.23. The Bertz CT molecular complexity index is 95.0. The van der Waals surface area contributed by atoms with Crippen LogP contribution in [-0.2, 0) is 4.74 Å². The number of hydrogen-bond donors (Lipinski definition) is 3. The second-order valence-electron chi connectivity index (χ2n) is 2.06. The van der Waals surface area contributed by atoms with Gasteiger partial charge < -0.3 is 16.2 Å². The molecule has 0 saturated heterocycles. The molecule has 0 aliphatic rings. The van der Waals surface area contributed by atoms with E-state index in [-0.39, 0.29) is 6.02 Å². The monoisotopic (exact) mass is 145 g/mol. The largest absolute Gasteiger partial charge is 0.466 e. The lowest BCUT2D eigenvalue weighted by Crippen LogP contribution is -2.14. The Hall–Kier alpha value is -0.770. The van der Waals surface area contributed by atoms with Crippen LogP contribution in [0.1, 0.15) is 19.3 Å². The molecule has 0 saturated carbocycles. The Kier molecular flexibility index (Phi) is 5.86. The smallest absolute Gasteiger partial charge is 0.278 e. The molecule has 5 N–H and O–H groups in total. The molecule has 0 heterocycles. The van der Waals surface area contributed by atoms with E-state index in [1.165, 1.54) is 0 Å². The predicted octanol–water partition coefficient (Wildman–Crippen LogP) is 0.0255. The number of amidine groups is 1. The molecule has 0 aromatic carbocycles. The molecular formula is C6H15N3O. The molecule has 10 heavy (non-hydrogen) atoms. The van der Waals surface area contributed by atoms with Crippen LogP contribution in [0.2, 0.25) is 0 Å². The fourth-order valence-corrected chi connectivity index (χ4v) is 0.605. The summed E-state index contributed by atoms with van der Waals surface area (Å²) in [4.78, 5) is 0. The Labute approximate surface area is 61.0 Å². The lowest BCUT2D eigenvalue weighted by Gasteiger charge is -2.01. The van der Waals surface area contributed by atoms with E-state index in [1.54, 1.807) is 0 Å².